The van der Waals surface area contributed by atoms with Gasteiger partial charge in [-0.2, -0.15) is 4.31 Å². The summed E-state index contributed by atoms with van der Waals surface area (Å²) in [6.07, 6.45) is 0. The third-order valence-corrected chi connectivity index (χ3v) is 5.30. The van der Waals surface area contributed by atoms with Gasteiger partial charge in [0.05, 0.1) is 5.75 Å². The van der Waals surface area contributed by atoms with E-state index in [1.807, 2.05) is 44.2 Å². The van der Waals surface area contributed by atoms with Crippen LogP contribution in [-0.4, -0.2) is 37.9 Å². The summed E-state index contributed by atoms with van der Waals surface area (Å²) in [6.45, 7) is 5.88. The van der Waals surface area contributed by atoms with Crippen molar-refractivity contribution in [3.63, 3.8) is 0 Å². The predicted octanol–water partition coefficient (Wildman–Crippen LogP) is 1.20. The Morgan fingerprint density at radius 3 is 2.56 bits per heavy atom. The second-order valence-corrected chi connectivity index (χ2v) is 7.20. The number of sulfonamides is 1. The van der Waals surface area contributed by atoms with Crippen molar-refractivity contribution in [1.29, 1.82) is 0 Å². The third kappa shape index (κ3) is 2.91. The molecule has 0 spiro atoms. The van der Waals surface area contributed by atoms with Gasteiger partial charge in [-0.05, 0) is 19.4 Å². The van der Waals surface area contributed by atoms with Gasteiger partial charge in [-0.15, -0.1) is 0 Å². The molecule has 1 aliphatic heterocycles. The van der Waals surface area contributed by atoms with Gasteiger partial charge < -0.3 is 5.32 Å². The van der Waals surface area contributed by atoms with Gasteiger partial charge in [0, 0.05) is 25.2 Å². The van der Waals surface area contributed by atoms with E-state index < -0.39 is 10.0 Å². The Hall–Kier alpha value is -0.910. The highest BCUT2D eigenvalue weighted by atomic mass is 32.2. The second-order valence-electron chi connectivity index (χ2n) is 5.30. The summed E-state index contributed by atoms with van der Waals surface area (Å²) in [5.41, 5.74) is 0.484. The second kappa shape index (κ2) is 4.99. The molecule has 1 N–H and O–H groups in total. The fourth-order valence-electron chi connectivity index (χ4n) is 2.34. The van der Waals surface area contributed by atoms with Crippen molar-refractivity contribution >= 4 is 10.0 Å². The fourth-order valence-corrected chi connectivity index (χ4v) is 4.30. The number of nitrogens with one attached hydrogen (secondary N) is 1. The normalized spacial score (nSPS) is 20.8. The van der Waals surface area contributed by atoms with Crippen molar-refractivity contribution in [2.24, 2.45) is 0 Å². The smallest absolute Gasteiger partial charge is 0.218 e. The topological polar surface area (TPSA) is 49.4 Å². The maximum atomic E-state index is 12.5. The molecule has 0 aliphatic carbocycles. The monoisotopic (exact) mass is 268 g/mol. The molecule has 0 bridgehead atoms. The van der Waals surface area contributed by atoms with Crippen LogP contribution in [0.5, 0.6) is 0 Å². The van der Waals surface area contributed by atoms with Crippen molar-refractivity contribution in [2.45, 2.75) is 25.1 Å². The van der Waals surface area contributed by atoms with Crippen LogP contribution in [-0.2, 0) is 15.8 Å². The summed E-state index contributed by atoms with van der Waals surface area (Å²) in [7, 11) is -3.25. The molecule has 5 heteroatoms. The SMILES string of the molecule is CC1(C)CNCCN1S(=O)(=O)Cc1ccccc1. The Kier molecular flexibility index (Phi) is 3.75. The minimum Gasteiger partial charge on any atom is -0.314 e. The Morgan fingerprint density at radius 1 is 1.28 bits per heavy atom. The van der Waals surface area contributed by atoms with Crippen LogP contribution in [0.2, 0.25) is 0 Å². The lowest BCUT2D eigenvalue weighted by molar-refractivity contribution is 0.185. The molecule has 1 fully saturated rings. The van der Waals surface area contributed by atoms with Crippen LogP contribution in [0.25, 0.3) is 0 Å². The lowest BCUT2D eigenvalue weighted by atomic mass is 10.0. The van der Waals surface area contributed by atoms with Gasteiger partial charge in [0.15, 0.2) is 0 Å². The van der Waals surface area contributed by atoms with E-state index in [0.29, 0.717) is 13.1 Å². The Bertz CT molecular complexity index is 497. The maximum Gasteiger partial charge on any atom is 0.218 e. The Labute approximate surface area is 109 Å². The van der Waals surface area contributed by atoms with Gasteiger partial charge in [-0.1, -0.05) is 30.3 Å². The largest absolute Gasteiger partial charge is 0.314 e. The molecule has 0 amide bonds. The highest BCUT2D eigenvalue weighted by Gasteiger charge is 2.37. The van der Waals surface area contributed by atoms with Gasteiger partial charge in [0.2, 0.25) is 10.0 Å². The van der Waals surface area contributed by atoms with Crippen molar-refractivity contribution in [3.8, 4) is 0 Å². The molecule has 1 aromatic carbocycles. The van der Waals surface area contributed by atoms with E-state index in [0.717, 1.165) is 12.1 Å². The van der Waals surface area contributed by atoms with Crippen molar-refractivity contribution in [3.05, 3.63) is 35.9 Å². The summed E-state index contributed by atoms with van der Waals surface area (Å²) in [5, 5.41) is 3.23. The number of benzene rings is 1. The van der Waals surface area contributed by atoms with Crippen LogP contribution >= 0.6 is 0 Å². The summed E-state index contributed by atoms with van der Waals surface area (Å²) < 4.78 is 26.6. The van der Waals surface area contributed by atoms with Crippen LogP contribution in [0, 0.1) is 0 Å². The van der Waals surface area contributed by atoms with Crippen molar-refractivity contribution in [2.75, 3.05) is 19.6 Å². The van der Waals surface area contributed by atoms with E-state index in [1.54, 1.807) is 4.31 Å². The molecular weight excluding hydrogens is 248 g/mol. The third-order valence-electron chi connectivity index (χ3n) is 3.25. The van der Waals surface area contributed by atoms with Gasteiger partial charge in [-0.3, -0.25) is 0 Å². The van der Waals surface area contributed by atoms with Gasteiger partial charge in [0.1, 0.15) is 0 Å². The van der Waals surface area contributed by atoms with Crippen molar-refractivity contribution in [1.82, 2.24) is 9.62 Å². The maximum absolute atomic E-state index is 12.5. The first-order chi connectivity index (χ1) is 8.42. The summed E-state index contributed by atoms with van der Waals surface area (Å²) in [6, 6.07) is 9.34. The molecule has 0 aromatic heterocycles. The summed E-state index contributed by atoms with van der Waals surface area (Å²) in [5.74, 6) is 0.0806. The van der Waals surface area contributed by atoms with E-state index in [-0.39, 0.29) is 11.3 Å². The quantitative estimate of drug-likeness (QED) is 0.896. The minimum atomic E-state index is -3.25. The fraction of sp³-hybridized carbons (Fsp3) is 0.538. The highest BCUT2D eigenvalue weighted by molar-refractivity contribution is 7.88. The van der Waals surface area contributed by atoms with Crippen molar-refractivity contribution < 1.29 is 8.42 Å². The van der Waals surface area contributed by atoms with Crippen LogP contribution < -0.4 is 5.32 Å². The average molecular weight is 268 g/mol. The molecule has 18 heavy (non-hydrogen) atoms. The number of hydrogen-bond donors (Lipinski definition) is 1. The molecule has 0 unspecified atom stereocenters. The summed E-state index contributed by atoms with van der Waals surface area (Å²) in [4.78, 5) is 0. The molecule has 0 radical (unpaired) electrons. The van der Waals surface area contributed by atoms with Gasteiger partial charge in [0.25, 0.3) is 0 Å². The zero-order valence-electron chi connectivity index (χ0n) is 10.9. The zero-order valence-corrected chi connectivity index (χ0v) is 11.7. The molecule has 1 aliphatic rings. The Balaban J connectivity index is 2.20. The van der Waals surface area contributed by atoms with Gasteiger partial charge >= 0.3 is 0 Å². The Morgan fingerprint density at radius 2 is 1.94 bits per heavy atom. The van der Waals surface area contributed by atoms with E-state index in [4.69, 9.17) is 0 Å². The lowest BCUT2D eigenvalue weighted by Crippen LogP contribution is -2.59. The minimum absolute atomic E-state index is 0.0806. The zero-order chi connectivity index (χ0) is 13.2. The number of nitrogens with zero attached hydrogens (tertiary/aromatic N) is 1. The molecule has 2 rings (SSSR count). The molecular formula is C13H20N2O2S. The van der Waals surface area contributed by atoms with Crippen LogP contribution in [0.4, 0.5) is 0 Å². The predicted molar refractivity (Wildman–Crippen MR) is 72.7 cm³/mol. The first-order valence-corrected chi connectivity index (χ1v) is 7.78. The molecule has 1 heterocycles. The average Bonchev–Trinajstić information content (AvgIpc) is 2.28. The molecule has 4 nitrogen and oxygen atoms in total. The van der Waals surface area contributed by atoms with E-state index in [9.17, 15) is 8.42 Å². The molecule has 1 aromatic rings. The van der Waals surface area contributed by atoms with Crippen LogP contribution in [0.1, 0.15) is 19.4 Å². The van der Waals surface area contributed by atoms with Crippen LogP contribution in [0.15, 0.2) is 30.3 Å². The van der Waals surface area contributed by atoms with E-state index in [1.165, 1.54) is 0 Å². The standard InChI is InChI=1S/C13H20N2O2S/c1-13(2)11-14-8-9-15(13)18(16,17)10-12-6-4-3-5-7-12/h3-7,14H,8-11H2,1-2H3. The molecule has 1 saturated heterocycles. The first-order valence-electron chi connectivity index (χ1n) is 6.17. The van der Waals surface area contributed by atoms with Crippen LogP contribution in [0.3, 0.4) is 0 Å². The molecule has 0 saturated carbocycles. The number of rotatable bonds is 3. The highest BCUT2D eigenvalue weighted by Crippen LogP contribution is 2.22. The summed E-state index contributed by atoms with van der Waals surface area (Å²) >= 11 is 0. The molecule has 100 valence electrons. The number of piperazine rings is 1. The molecule has 0 atom stereocenters. The van der Waals surface area contributed by atoms with E-state index in [2.05, 4.69) is 5.32 Å². The van der Waals surface area contributed by atoms with E-state index >= 15 is 0 Å². The van der Waals surface area contributed by atoms with Gasteiger partial charge in [-0.25, -0.2) is 8.42 Å². The lowest BCUT2D eigenvalue weighted by Gasteiger charge is -2.41. The number of hydrogen-bond acceptors (Lipinski definition) is 3. The first kappa shape index (κ1) is 13.5.